The van der Waals surface area contributed by atoms with E-state index in [4.69, 9.17) is 16.3 Å². The summed E-state index contributed by atoms with van der Waals surface area (Å²) >= 11 is 5.72. The fourth-order valence-electron chi connectivity index (χ4n) is 1.49. The minimum Gasteiger partial charge on any atom is -0.489 e. The Morgan fingerprint density at radius 3 is 3.08 bits per heavy atom. The van der Waals surface area contributed by atoms with E-state index in [0.717, 1.165) is 18.6 Å². The highest BCUT2D eigenvalue weighted by molar-refractivity contribution is 6.18. The highest BCUT2D eigenvalue weighted by Gasteiger charge is 2.17. The van der Waals surface area contributed by atoms with Crippen LogP contribution in [0.4, 0.5) is 0 Å². The number of aryl methyl sites for hydroxylation is 1. The summed E-state index contributed by atoms with van der Waals surface area (Å²) in [6.07, 6.45) is 2.34. The second kappa shape index (κ2) is 3.36. The maximum Gasteiger partial charge on any atom is 0.122 e. The molecule has 0 fully saturated rings. The van der Waals surface area contributed by atoms with Crippen LogP contribution >= 0.6 is 11.6 Å². The van der Waals surface area contributed by atoms with Crippen LogP contribution in [-0.2, 0) is 6.42 Å². The Hall–Kier alpha value is -0.690. The van der Waals surface area contributed by atoms with Crippen molar-refractivity contribution >= 4 is 11.6 Å². The molecule has 0 amide bonds. The fraction of sp³-hybridized carbons (Fsp3) is 0.400. The van der Waals surface area contributed by atoms with Crippen LogP contribution in [0.1, 0.15) is 12.0 Å². The second-order valence-corrected chi connectivity index (χ2v) is 3.35. The molecule has 0 saturated carbocycles. The Labute approximate surface area is 77.3 Å². The van der Waals surface area contributed by atoms with Crippen LogP contribution in [0, 0.1) is 0 Å². The van der Waals surface area contributed by atoms with Gasteiger partial charge in [0.2, 0.25) is 0 Å². The molecule has 1 aromatic carbocycles. The van der Waals surface area contributed by atoms with Crippen molar-refractivity contribution in [2.24, 2.45) is 0 Å². The SMILES string of the molecule is ClC[C@@H]1CCc2ccccc2O1. The maximum atomic E-state index is 5.72. The highest BCUT2D eigenvalue weighted by Crippen LogP contribution is 2.27. The quantitative estimate of drug-likeness (QED) is 0.607. The predicted octanol–water partition coefficient (Wildman–Crippen LogP) is 2.62. The molecule has 0 aliphatic carbocycles. The minimum absolute atomic E-state index is 0.210. The van der Waals surface area contributed by atoms with Gasteiger partial charge in [-0.3, -0.25) is 0 Å². The van der Waals surface area contributed by atoms with Crippen LogP contribution in [0.5, 0.6) is 5.75 Å². The third-order valence-corrected chi connectivity index (χ3v) is 2.52. The molecule has 12 heavy (non-hydrogen) atoms. The van der Waals surface area contributed by atoms with Crippen LogP contribution in [0.3, 0.4) is 0 Å². The number of benzene rings is 1. The van der Waals surface area contributed by atoms with Crippen LogP contribution < -0.4 is 4.74 Å². The van der Waals surface area contributed by atoms with E-state index < -0.39 is 0 Å². The molecule has 0 spiro atoms. The van der Waals surface area contributed by atoms with Gasteiger partial charge in [0.05, 0.1) is 5.88 Å². The normalized spacial score (nSPS) is 21.2. The summed E-state index contributed by atoms with van der Waals surface area (Å²) in [4.78, 5) is 0. The zero-order valence-corrected chi connectivity index (χ0v) is 7.55. The lowest BCUT2D eigenvalue weighted by molar-refractivity contribution is 0.195. The Balaban J connectivity index is 2.23. The number of ether oxygens (including phenoxy) is 1. The zero-order valence-electron chi connectivity index (χ0n) is 6.79. The van der Waals surface area contributed by atoms with Crippen LogP contribution in [-0.4, -0.2) is 12.0 Å². The van der Waals surface area contributed by atoms with Crippen molar-refractivity contribution < 1.29 is 4.74 Å². The topological polar surface area (TPSA) is 9.23 Å². The molecule has 64 valence electrons. The van der Waals surface area contributed by atoms with E-state index in [1.54, 1.807) is 0 Å². The third-order valence-electron chi connectivity index (χ3n) is 2.17. The Morgan fingerprint density at radius 1 is 1.42 bits per heavy atom. The number of rotatable bonds is 1. The zero-order chi connectivity index (χ0) is 8.39. The van der Waals surface area contributed by atoms with Gasteiger partial charge in [0.15, 0.2) is 0 Å². The van der Waals surface area contributed by atoms with E-state index in [2.05, 4.69) is 6.07 Å². The molecule has 0 N–H and O–H groups in total. The number of para-hydroxylation sites is 1. The van der Waals surface area contributed by atoms with Gasteiger partial charge in [0.25, 0.3) is 0 Å². The number of fused-ring (bicyclic) bond motifs is 1. The van der Waals surface area contributed by atoms with Crippen molar-refractivity contribution in [1.82, 2.24) is 0 Å². The van der Waals surface area contributed by atoms with E-state index in [0.29, 0.717) is 5.88 Å². The summed E-state index contributed by atoms with van der Waals surface area (Å²) in [7, 11) is 0. The van der Waals surface area contributed by atoms with E-state index in [9.17, 15) is 0 Å². The highest BCUT2D eigenvalue weighted by atomic mass is 35.5. The van der Waals surface area contributed by atoms with Gasteiger partial charge in [-0.1, -0.05) is 18.2 Å². The van der Waals surface area contributed by atoms with Crippen LogP contribution in [0.25, 0.3) is 0 Å². The smallest absolute Gasteiger partial charge is 0.122 e. The molecule has 1 aliphatic heterocycles. The Kier molecular flexibility index (Phi) is 2.22. The molecule has 2 rings (SSSR count). The summed E-state index contributed by atoms with van der Waals surface area (Å²) in [6, 6.07) is 8.16. The first-order valence-corrected chi connectivity index (χ1v) is 4.74. The summed E-state index contributed by atoms with van der Waals surface area (Å²) in [5, 5.41) is 0. The van der Waals surface area contributed by atoms with Gasteiger partial charge in [-0.2, -0.15) is 0 Å². The average Bonchev–Trinajstić information content (AvgIpc) is 2.17. The number of hydrogen-bond acceptors (Lipinski definition) is 1. The number of halogens is 1. The van der Waals surface area contributed by atoms with Crippen molar-refractivity contribution in [2.75, 3.05) is 5.88 Å². The monoisotopic (exact) mass is 182 g/mol. The molecule has 1 heterocycles. The van der Waals surface area contributed by atoms with E-state index in [-0.39, 0.29) is 6.10 Å². The van der Waals surface area contributed by atoms with Crippen molar-refractivity contribution in [3.8, 4) is 5.75 Å². The molecule has 0 saturated heterocycles. The molecule has 1 atom stereocenters. The molecule has 0 aromatic heterocycles. The van der Waals surface area contributed by atoms with E-state index >= 15 is 0 Å². The number of hydrogen-bond donors (Lipinski definition) is 0. The average molecular weight is 183 g/mol. The fourth-order valence-corrected chi connectivity index (χ4v) is 1.71. The summed E-state index contributed by atoms with van der Waals surface area (Å²) in [5.41, 5.74) is 1.30. The maximum absolute atomic E-state index is 5.72. The molecule has 0 bridgehead atoms. The van der Waals surface area contributed by atoms with Crippen molar-refractivity contribution in [3.63, 3.8) is 0 Å². The summed E-state index contributed by atoms with van der Waals surface area (Å²) in [5.74, 6) is 1.60. The molecule has 1 aliphatic rings. The molecule has 1 aromatic rings. The molecule has 0 unspecified atom stereocenters. The van der Waals surface area contributed by atoms with Gasteiger partial charge in [-0.15, -0.1) is 11.6 Å². The van der Waals surface area contributed by atoms with Crippen LogP contribution in [0.15, 0.2) is 24.3 Å². The third kappa shape index (κ3) is 1.42. The lowest BCUT2D eigenvalue weighted by atomic mass is 10.0. The van der Waals surface area contributed by atoms with Gasteiger partial charge in [-0.25, -0.2) is 0 Å². The lowest BCUT2D eigenvalue weighted by Gasteiger charge is -2.24. The first-order chi connectivity index (χ1) is 5.90. The molecular weight excluding hydrogens is 172 g/mol. The first-order valence-electron chi connectivity index (χ1n) is 4.20. The van der Waals surface area contributed by atoms with Crippen molar-refractivity contribution in [1.29, 1.82) is 0 Å². The van der Waals surface area contributed by atoms with Gasteiger partial charge >= 0.3 is 0 Å². The van der Waals surface area contributed by atoms with Gasteiger partial charge < -0.3 is 4.74 Å². The largest absolute Gasteiger partial charge is 0.489 e. The standard InChI is InChI=1S/C10H11ClO/c11-7-9-6-5-8-3-1-2-4-10(8)12-9/h1-4,9H,5-7H2/t9-/m0/s1. The van der Waals surface area contributed by atoms with Gasteiger partial charge in [0, 0.05) is 0 Å². The Bertz CT molecular complexity index is 272. The molecule has 1 nitrogen and oxygen atoms in total. The van der Waals surface area contributed by atoms with Crippen molar-refractivity contribution in [3.05, 3.63) is 29.8 Å². The first kappa shape index (κ1) is 7.93. The summed E-state index contributed by atoms with van der Waals surface area (Å²) in [6.45, 7) is 0. The molecule has 2 heteroatoms. The van der Waals surface area contributed by atoms with Crippen LogP contribution in [0.2, 0.25) is 0 Å². The predicted molar refractivity (Wildman–Crippen MR) is 49.9 cm³/mol. The molecule has 0 radical (unpaired) electrons. The molecular formula is C10H11ClO. The van der Waals surface area contributed by atoms with E-state index in [1.165, 1.54) is 5.56 Å². The van der Waals surface area contributed by atoms with E-state index in [1.807, 2.05) is 18.2 Å². The van der Waals surface area contributed by atoms with Gasteiger partial charge in [0.1, 0.15) is 11.9 Å². The van der Waals surface area contributed by atoms with Crippen molar-refractivity contribution in [2.45, 2.75) is 18.9 Å². The number of alkyl halides is 1. The lowest BCUT2D eigenvalue weighted by Crippen LogP contribution is -2.23. The second-order valence-electron chi connectivity index (χ2n) is 3.04. The summed E-state index contributed by atoms with van der Waals surface area (Å²) < 4.78 is 5.65. The van der Waals surface area contributed by atoms with Gasteiger partial charge in [-0.05, 0) is 24.5 Å². The Morgan fingerprint density at radius 2 is 2.25 bits per heavy atom. The minimum atomic E-state index is 0.210.